The molecule has 0 heterocycles. The van der Waals surface area contributed by atoms with Gasteiger partial charge in [-0.05, 0) is 50.8 Å². The van der Waals surface area contributed by atoms with Crippen LogP contribution < -0.4 is 5.32 Å². The molecule has 1 saturated carbocycles. The Bertz CT molecular complexity index is 559. The monoisotopic (exact) mass is 305 g/mol. The number of carbonyl (C=O) groups is 2. The van der Waals surface area contributed by atoms with Crippen LogP contribution >= 0.6 is 0 Å². The molecule has 120 valence electrons. The molecule has 0 radical (unpaired) electrons. The highest BCUT2D eigenvalue weighted by Crippen LogP contribution is 2.49. The lowest BCUT2D eigenvalue weighted by Crippen LogP contribution is -2.28. The Labute approximate surface area is 130 Å². The van der Waals surface area contributed by atoms with Gasteiger partial charge >= 0.3 is 5.97 Å². The maximum atomic E-state index is 12.3. The molecule has 1 aliphatic rings. The molecule has 1 amide bonds. The molecular weight excluding hydrogens is 282 g/mol. The molecule has 0 aliphatic heterocycles. The van der Waals surface area contributed by atoms with Gasteiger partial charge < -0.3 is 15.2 Å². The fourth-order valence-corrected chi connectivity index (χ4v) is 2.40. The second kappa shape index (κ2) is 6.08. The van der Waals surface area contributed by atoms with Crippen molar-refractivity contribution >= 4 is 17.6 Å². The highest BCUT2D eigenvalue weighted by molar-refractivity contribution is 5.97. The number of anilines is 1. The van der Waals surface area contributed by atoms with E-state index in [4.69, 9.17) is 4.74 Å². The Hall–Kier alpha value is -1.88. The van der Waals surface area contributed by atoms with E-state index in [1.165, 1.54) is 0 Å². The molecule has 2 N–H and O–H groups in total. The van der Waals surface area contributed by atoms with Crippen LogP contribution in [-0.2, 0) is 19.7 Å². The molecule has 1 aromatic carbocycles. The van der Waals surface area contributed by atoms with E-state index in [-0.39, 0.29) is 11.3 Å². The summed E-state index contributed by atoms with van der Waals surface area (Å²) in [6.45, 7) is 3.90. The van der Waals surface area contributed by atoms with E-state index in [2.05, 4.69) is 5.32 Å². The first kappa shape index (κ1) is 16.5. The minimum absolute atomic E-state index is 0.0230. The second-order valence-corrected chi connectivity index (χ2v) is 6.48. The van der Waals surface area contributed by atoms with Crippen LogP contribution in [0.5, 0.6) is 0 Å². The van der Waals surface area contributed by atoms with Gasteiger partial charge in [0, 0.05) is 19.4 Å². The molecule has 5 heteroatoms. The van der Waals surface area contributed by atoms with Gasteiger partial charge in [0.05, 0.1) is 10.8 Å². The summed E-state index contributed by atoms with van der Waals surface area (Å²) >= 11 is 0. The fourth-order valence-electron chi connectivity index (χ4n) is 2.40. The number of hydrogen-bond acceptors (Lipinski definition) is 3. The van der Waals surface area contributed by atoms with Crippen LogP contribution in [0.4, 0.5) is 5.69 Å². The summed E-state index contributed by atoms with van der Waals surface area (Å²) < 4.78 is 5.06. The van der Waals surface area contributed by atoms with Crippen molar-refractivity contribution in [1.82, 2.24) is 0 Å². The minimum atomic E-state index is -0.946. The van der Waals surface area contributed by atoms with E-state index in [1.54, 1.807) is 45.2 Å². The third kappa shape index (κ3) is 3.30. The summed E-state index contributed by atoms with van der Waals surface area (Å²) in [7, 11) is 1.64. The third-order valence-corrected chi connectivity index (χ3v) is 4.52. The Morgan fingerprint density at radius 3 is 2.32 bits per heavy atom. The lowest BCUT2D eigenvalue weighted by Gasteiger charge is -2.20. The van der Waals surface area contributed by atoms with E-state index in [1.807, 2.05) is 0 Å². The number of aliphatic carboxylic acids is 1. The van der Waals surface area contributed by atoms with Crippen LogP contribution in [0.25, 0.3) is 0 Å². The van der Waals surface area contributed by atoms with Crippen molar-refractivity contribution in [1.29, 1.82) is 0 Å². The number of benzene rings is 1. The first-order chi connectivity index (χ1) is 10.3. The van der Waals surface area contributed by atoms with Crippen molar-refractivity contribution in [3.63, 3.8) is 0 Å². The van der Waals surface area contributed by atoms with Gasteiger partial charge in [-0.3, -0.25) is 9.59 Å². The summed E-state index contributed by atoms with van der Waals surface area (Å²) in [5.41, 5.74) is 0.172. The van der Waals surface area contributed by atoms with Crippen LogP contribution in [0.2, 0.25) is 0 Å². The average Bonchev–Trinajstić information content (AvgIpc) is 3.26. The molecule has 22 heavy (non-hydrogen) atoms. The van der Waals surface area contributed by atoms with Gasteiger partial charge in [-0.2, -0.15) is 0 Å². The summed E-state index contributed by atoms with van der Waals surface area (Å²) in [4.78, 5) is 23.6. The number of carboxylic acid groups (broad SMARTS) is 1. The average molecular weight is 305 g/mol. The highest BCUT2D eigenvalue weighted by atomic mass is 16.5. The van der Waals surface area contributed by atoms with Gasteiger partial charge in [-0.15, -0.1) is 0 Å². The van der Waals surface area contributed by atoms with Crippen molar-refractivity contribution in [3.05, 3.63) is 29.8 Å². The predicted octanol–water partition coefficient (Wildman–Crippen LogP) is 2.80. The zero-order valence-electron chi connectivity index (χ0n) is 13.3. The highest BCUT2D eigenvalue weighted by Gasteiger charge is 2.49. The molecule has 1 aliphatic carbocycles. The molecule has 0 unspecified atom stereocenters. The van der Waals surface area contributed by atoms with Crippen molar-refractivity contribution in [3.8, 4) is 0 Å². The van der Waals surface area contributed by atoms with E-state index in [9.17, 15) is 14.7 Å². The Kier molecular flexibility index (Phi) is 4.56. The van der Waals surface area contributed by atoms with Gasteiger partial charge in [-0.25, -0.2) is 0 Å². The number of amides is 1. The van der Waals surface area contributed by atoms with Crippen molar-refractivity contribution < 1.29 is 19.4 Å². The third-order valence-electron chi connectivity index (χ3n) is 4.52. The Morgan fingerprint density at radius 2 is 1.86 bits per heavy atom. The largest absolute Gasteiger partial charge is 0.481 e. The van der Waals surface area contributed by atoms with Gasteiger partial charge in [0.25, 0.3) is 0 Å². The quantitative estimate of drug-likeness (QED) is 0.812. The number of carboxylic acids is 1. The number of methoxy groups -OCH3 is 1. The van der Waals surface area contributed by atoms with E-state index < -0.39 is 11.4 Å². The topological polar surface area (TPSA) is 75.6 Å². The predicted molar refractivity (Wildman–Crippen MR) is 83.9 cm³/mol. The molecule has 2 rings (SSSR count). The Morgan fingerprint density at radius 1 is 1.27 bits per heavy atom. The molecule has 0 spiro atoms. The first-order valence-electron chi connectivity index (χ1n) is 7.46. The lowest BCUT2D eigenvalue weighted by molar-refractivity contribution is -0.142. The zero-order valence-corrected chi connectivity index (χ0v) is 13.3. The van der Waals surface area contributed by atoms with Crippen LogP contribution in [0.15, 0.2) is 24.3 Å². The molecule has 0 saturated heterocycles. The normalized spacial score (nSPS) is 16.1. The summed E-state index contributed by atoms with van der Waals surface area (Å²) in [6.07, 6.45) is 2.53. The molecule has 0 aromatic heterocycles. The SMILES string of the molecule is COCCC1(C(=O)Nc2ccc(C(C)(C)C(=O)O)cc2)CC1. The van der Waals surface area contributed by atoms with Crippen molar-refractivity contribution in [2.75, 3.05) is 19.0 Å². The smallest absolute Gasteiger partial charge is 0.313 e. The van der Waals surface area contributed by atoms with Crippen molar-refractivity contribution in [2.24, 2.45) is 5.41 Å². The van der Waals surface area contributed by atoms with Crippen molar-refractivity contribution in [2.45, 2.75) is 38.5 Å². The maximum Gasteiger partial charge on any atom is 0.313 e. The number of ether oxygens (including phenoxy) is 1. The zero-order chi connectivity index (χ0) is 16.4. The van der Waals surface area contributed by atoms with E-state index in [0.29, 0.717) is 17.9 Å². The van der Waals surface area contributed by atoms with Gasteiger partial charge in [0.15, 0.2) is 0 Å². The van der Waals surface area contributed by atoms with Crippen LogP contribution in [-0.4, -0.2) is 30.7 Å². The number of rotatable bonds is 7. The van der Waals surface area contributed by atoms with Crippen LogP contribution in [0.1, 0.15) is 38.7 Å². The molecule has 1 fully saturated rings. The maximum absolute atomic E-state index is 12.3. The minimum Gasteiger partial charge on any atom is -0.481 e. The standard InChI is InChI=1S/C17H23NO4/c1-16(2,15(20)21)12-4-6-13(7-5-12)18-14(19)17(8-9-17)10-11-22-3/h4-7H,8-11H2,1-3H3,(H,18,19)(H,20,21). The molecule has 0 bridgehead atoms. The number of nitrogens with one attached hydrogen (secondary N) is 1. The molecule has 1 aromatic rings. The van der Waals surface area contributed by atoms with Gasteiger partial charge in [0.2, 0.25) is 5.91 Å². The van der Waals surface area contributed by atoms with Gasteiger partial charge in [0.1, 0.15) is 0 Å². The lowest BCUT2D eigenvalue weighted by atomic mass is 9.85. The Balaban J connectivity index is 2.03. The summed E-state index contributed by atoms with van der Waals surface area (Å²) in [6, 6.07) is 7.01. The second-order valence-electron chi connectivity index (χ2n) is 6.48. The summed E-state index contributed by atoms with van der Waals surface area (Å²) in [5, 5.41) is 12.1. The molecular formula is C17H23NO4. The number of hydrogen-bond donors (Lipinski definition) is 2. The molecule has 0 atom stereocenters. The van der Waals surface area contributed by atoms with E-state index >= 15 is 0 Å². The van der Waals surface area contributed by atoms with Crippen LogP contribution in [0, 0.1) is 5.41 Å². The van der Waals surface area contributed by atoms with E-state index in [0.717, 1.165) is 19.3 Å². The molecule has 5 nitrogen and oxygen atoms in total. The number of carbonyl (C=O) groups excluding carboxylic acids is 1. The fraction of sp³-hybridized carbons (Fsp3) is 0.529. The first-order valence-corrected chi connectivity index (χ1v) is 7.46. The summed E-state index contributed by atoms with van der Waals surface area (Å²) in [5.74, 6) is -0.851. The van der Waals surface area contributed by atoms with Crippen LogP contribution in [0.3, 0.4) is 0 Å². The van der Waals surface area contributed by atoms with Gasteiger partial charge in [-0.1, -0.05) is 12.1 Å².